The highest BCUT2D eigenvalue weighted by Crippen LogP contribution is 2.27. The third-order valence-corrected chi connectivity index (χ3v) is 5.22. The Hall–Kier alpha value is -3.61. The molecule has 0 aliphatic heterocycles. The Kier molecular flexibility index (Phi) is 11.2. The van der Waals surface area contributed by atoms with Crippen LogP contribution < -0.4 is 0 Å². The number of esters is 2. The van der Waals surface area contributed by atoms with Crippen LogP contribution in [0.1, 0.15) is 63.3 Å². The van der Waals surface area contributed by atoms with Crippen LogP contribution in [0, 0.1) is 0 Å². The zero-order valence-electron chi connectivity index (χ0n) is 21.9. The second-order valence-electron chi connectivity index (χ2n) is 9.36. The summed E-state index contributed by atoms with van der Waals surface area (Å²) in [6, 6.07) is 15.8. The lowest BCUT2D eigenvalue weighted by Gasteiger charge is -2.32. The highest BCUT2D eigenvalue weighted by molar-refractivity contribution is 5.87. The third-order valence-electron chi connectivity index (χ3n) is 5.22. The van der Waals surface area contributed by atoms with Crippen LogP contribution >= 0.6 is 0 Å². The van der Waals surface area contributed by atoms with E-state index in [0.717, 1.165) is 18.4 Å². The van der Waals surface area contributed by atoms with E-state index in [0.29, 0.717) is 17.5 Å². The molecule has 7 heteroatoms. The van der Waals surface area contributed by atoms with Gasteiger partial charge in [-0.3, -0.25) is 4.90 Å². The number of amides is 1. The van der Waals surface area contributed by atoms with Crippen molar-refractivity contribution in [2.75, 3.05) is 20.3 Å². The maximum Gasteiger partial charge on any atom is 0.410 e. The van der Waals surface area contributed by atoms with Gasteiger partial charge in [-0.15, -0.1) is 0 Å². The molecule has 0 saturated carbocycles. The Balaban J connectivity index is 2.48. The molecule has 0 radical (unpaired) electrons. The molecule has 0 aromatic heterocycles. The number of hydrogen-bond donors (Lipinski definition) is 0. The Morgan fingerprint density at radius 1 is 1.03 bits per heavy atom. The normalized spacial score (nSPS) is 12.1. The maximum absolute atomic E-state index is 13.5. The molecular weight excluding hydrogens is 458 g/mol. The molecule has 0 bridgehead atoms. The van der Waals surface area contributed by atoms with E-state index >= 15 is 0 Å². The molecule has 2 rings (SSSR count). The minimum atomic E-state index is -1.03. The summed E-state index contributed by atoms with van der Waals surface area (Å²) in [5.41, 5.74) is 1.50. The second kappa shape index (κ2) is 14.1. The smallest absolute Gasteiger partial charge is 0.410 e. The number of methoxy groups -OCH3 is 1. The molecule has 0 saturated heterocycles. The van der Waals surface area contributed by atoms with Crippen molar-refractivity contribution in [3.05, 3.63) is 77.4 Å². The monoisotopic (exact) mass is 495 g/mol. The summed E-state index contributed by atoms with van der Waals surface area (Å²) in [4.78, 5) is 39.8. The van der Waals surface area contributed by atoms with Gasteiger partial charge in [0.2, 0.25) is 0 Å². The van der Waals surface area contributed by atoms with E-state index < -0.39 is 29.7 Å². The fraction of sp³-hybridized carbons (Fsp3) is 0.414. The number of rotatable bonds is 11. The number of benzene rings is 2. The lowest BCUT2D eigenvalue weighted by atomic mass is 10.0. The molecule has 0 fully saturated rings. The minimum absolute atomic E-state index is 0.251. The molecule has 194 valence electrons. The summed E-state index contributed by atoms with van der Waals surface area (Å²) in [6.45, 7) is 7.88. The third kappa shape index (κ3) is 9.56. The zero-order chi connectivity index (χ0) is 26.6. The first-order valence-corrected chi connectivity index (χ1v) is 12.2. The summed E-state index contributed by atoms with van der Waals surface area (Å²) in [6.07, 6.45) is 4.45. The van der Waals surface area contributed by atoms with Gasteiger partial charge in [0.15, 0.2) is 6.04 Å². The highest BCUT2D eigenvalue weighted by atomic mass is 16.6. The number of hydrogen-bond acceptors (Lipinski definition) is 6. The predicted molar refractivity (Wildman–Crippen MR) is 139 cm³/mol. The molecule has 2 aromatic rings. The van der Waals surface area contributed by atoms with Gasteiger partial charge in [-0.2, -0.15) is 0 Å². The molecular formula is C29H37NO6. The average Bonchev–Trinajstić information content (AvgIpc) is 2.84. The Bertz CT molecular complexity index is 1030. The van der Waals surface area contributed by atoms with Gasteiger partial charge in [-0.25, -0.2) is 14.4 Å². The van der Waals surface area contributed by atoms with Crippen molar-refractivity contribution in [2.45, 2.75) is 58.6 Å². The molecule has 36 heavy (non-hydrogen) atoms. The van der Waals surface area contributed by atoms with Crippen LogP contribution in [-0.2, 0) is 30.2 Å². The van der Waals surface area contributed by atoms with Gasteiger partial charge in [0.05, 0.1) is 13.7 Å². The molecule has 2 aromatic carbocycles. The van der Waals surface area contributed by atoms with Gasteiger partial charge in [0.25, 0.3) is 0 Å². The van der Waals surface area contributed by atoms with E-state index in [2.05, 4.69) is 4.74 Å². The number of carbonyl (C=O) groups is 3. The Morgan fingerprint density at radius 3 is 2.39 bits per heavy atom. The molecule has 0 heterocycles. The van der Waals surface area contributed by atoms with Gasteiger partial charge < -0.3 is 14.2 Å². The fourth-order valence-electron chi connectivity index (χ4n) is 3.47. The van der Waals surface area contributed by atoms with Gasteiger partial charge in [-0.1, -0.05) is 61.9 Å². The van der Waals surface area contributed by atoms with Crippen molar-refractivity contribution < 1.29 is 28.6 Å². The minimum Gasteiger partial charge on any atom is -0.466 e. The summed E-state index contributed by atoms with van der Waals surface area (Å²) < 4.78 is 15.9. The second-order valence-corrected chi connectivity index (χ2v) is 9.36. The van der Waals surface area contributed by atoms with Crippen LogP contribution in [0.15, 0.2) is 60.7 Å². The summed E-state index contributed by atoms with van der Waals surface area (Å²) >= 11 is 0. The summed E-state index contributed by atoms with van der Waals surface area (Å²) in [5, 5.41) is 0. The van der Waals surface area contributed by atoms with Gasteiger partial charge in [0.1, 0.15) is 5.60 Å². The average molecular weight is 496 g/mol. The van der Waals surface area contributed by atoms with E-state index in [4.69, 9.17) is 9.47 Å². The van der Waals surface area contributed by atoms with Gasteiger partial charge >= 0.3 is 18.0 Å². The van der Waals surface area contributed by atoms with Crippen molar-refractivity contribution in [1.82, 2.24) is 4.90 Å². The van der Waals surface area contributed by atoms with E-state index in [1.807, 2.05) is 37.3 Å². The van der Waals surface area contributed by atoms with Crippen LogP contribution in [0.25, 0.3) is 6.08 Å². The highest BCUT2D eigenvalue weighted by Gasteiger charge is 2.35. The molecule has 0 aliphatic rings. The standard InChI is InChI=1S/C29H37NO6/c1-6-7-20-35-28(33)30(19-18-22-12-9-8-10-13-22)26(27(32)36-29(2,3)4)24-15-11-14-23(21-24)16-17-25(31)34-5/h8-17,21,26H,6-7,18-20H2,1-5H3/b17-16+. The number of unbranched alkanes of at least 4 members (excludes halogenated alkanes) is 1. The number of nitrogens with zero attached hydrogens (tertiary/aromatic N) is 1. The lowest BCUT2D eigenvalue weighted by molar-refractivity contribution is -0.161. The van der Waals surface area contributed by atoms with E-state index in [-0.39, 0.29) is 13.2 Å². The van der Waals surface area contributed by atoms with Gasteiger partial charge in [-0.05, 0) is 62.4 Å². The van der Waals surface area contributed by atoms with Crippen molar-refractivity contribution in [1.29, 1.82) is 0 Å². The van der Waals surface area contributed by atoms with Crippen LogP contribution in [0.2, 0.25) is 0 Å². The summed E-state index contributed by atoms with van der Waals surface area (Å²) in [7, 11) is 1.30. The van der Waals surface area contributed by atoms with E-state index in [1.54, 1.807) is 51.1 Å². The molecule has 1 amide bonds. The quantitative estimate of drug-likeness (QED) is 0.171. The number of ether oxygens (including phenoxy) is 3. The van der Waals surface area contributed by atoms with Crippen molar-refractivity contribution >= 4 is 24.1 Å². The van der Waals surface area contributed by atoms with Crippen molar-refractivity contribution in [3.63, 3.8) is 0 Å². The topological polar surface area (TPSA) is 82.1 Å². The first kappa shape index (κ1) is 28.6. The van der Waals surface area contributed by atoms with Crippen LogP contribution in [0.3, 0.4) is 0 Å². The maximum atomic E-state index is 13.5. The molecule has 1 unspecified atom stereocenters. The Labute approximate surface area is 214 Å². The van der Waals surface area contributed by atoms with Crippen molar-refractivity contribution in [2.24, 2.45) is 0 Å². The molecule has 0 N–H and O–H groups in total. The van der Waals surface area contributed by atoms with Crippen molar-refractivity contribution in [3.8, 4) is 0 Å². The molecule has 1 atom stereocenters. The summed E-state index contributed by atoms with van der Waals surface area (Å²) in [5.74, 6) is -1.05. The lowest BCUT2D eigenvalue weighted by Crippen LogP contribution is -2.43. The van der Waals surface area contributed by atoms with E-state index in [1.165, 1.54) is 18.1 Å². The number of carbonyl (C=O) groups excluding carboxylic acids is 3. The largest absolute Gasteiger partial charge is 0.466 e. The first-order valence-electron chi connectivity index (χ1n) is 12.2. The zero-order valence-corrected chi connectivity index (χ0v) is 21.9. The van der Waals surface area contributed by atoms with E-state index in [9.17, 15) is 14.4 Å². The van der Waals surface area contributed by atoms with Crippen LogP contribution in [0.5, 0.6) is 0 Å². The molecule has 0 spiro atoms. The molecule has 7 nitrogen and oxygen atoms in total. The van der Waals surface area contributed by atoms with Gasteiger partial charge in [0, 0.05) is 12.6 Å². The molecule has 0 aliphatic carbocycles. The Morgan fingerprint density at radius 2 is 1.75 bits per heavy atom. The first-order chi connectivity index (χ1) is 17.1. The fourth-order valence-corrected chi connectivity index (χ4v) is 3.47. The SMILES string of the molecule is CCCCOC(=O)N(CCc1ccccc1)C(C(=O)OC(C)(C)C)c1cccc(/C=C/C(=O)OC)c1. The van der Waals surface area contributed by atoms with Crippen LogP contribution in [-0.4, -0.2) is 48.8 Å². The van der Waals surface area contributed by atoms with Crippen LogP contribution in [0.4, 0.5) is 4.79 Å². The predicted octanol–water partition coefficient (Wildman–Crippen LogP) is 5.74.